The Morgan fingerprint density at radius 3 is 1.09 bits per heavy atom. The van der Waals surface area contributed by atoms with Gasteiger partial charge in [0, 0.05) is 0 Å². The molecule has 0 aromatic heterocycles. The van der Waals surface area contributed by atoms with E-state index in [2.05, 4.69) is 0 Å². The number of hydrogen-bond acceptors (Lipinski definition) is 3. The quantitative estimate of drug-likeness (QED) is 0.335. The molecule has 0 heterocycles. The van der Waals surface area contributed by atoms with Crippen LogP contribution in [0.4, 0.5) is 74.6 Å². The first-order valence-corrected chi connectivity index (χ1v) is 8.18. The lowest BCUT2D eigenvalue weighted by Gasteiger charge is -2.42. The summed E-state index contributed by atoms with van der Waals surface area (Å²) in [5.74, 6) is -51.9. The van der Waals surface area contributed by atoms with Crippen LogP contribution in [0.3, 0.4) is 0 Å². The van der Waals surface area contributed by atoms with E-state index >= 15 is 0 Å². The van der Waals surface area contributed by atoms with E-state index in [1.165, 1.54) is 0 Å². The highest BCUT2D eigenvalue weighted by Gasteiger charge is 2.96. The third-order valence-electron chi connectivity index (χ3n) is 3.39. The molecular weight excluding hydrogens is 537 g/mol. The Morgan fingerprint density at radius 2 is 0.812 bits per heavy atom. The lowest BCUT2D eigenvalue weighted by atomic mass is 9.91. The van der Waals surface area contributed by atoms with Crippen molar-refractivity contribution in [1.82, 2.24) is 4.72 Å². The number of rotatable bonds is 10. The van der Waals surface area contributed by atoms with Crippen LogP contribution in [0.5, 0.6) is 0 Å². The van der Waals surface area contributed by atoms with Crippen LogP contribution in [0.15, 0.2) is 0 Å². The van der Waals surface area contributed by atoms with Gasteiger partial charge in [0.25, 0.3) is 10.0 Å². The van der Waals surface area contributed by atoms with Gasteiger partial charge in [0.05, 0.1) is 6.54 Å². The minimum atomic E-state index is -8.88. The van der Waals surface area contributed by atoms with Crippen molar-refractivity contribution in [1.29, 1.82) is 0 Å². The first-order valence-electron chi connectivity index (χ1n) is 6.70. The van der Waals surface area contributed by atoms with Crippen LogP contribution in [-0.4, -0.2) is 68.2 Å². The van der Waals surface area contributed by atoms with E-state index in [1.807, 2.05) is 0 Å². The van der Waals surface area contributed by atoms with Gasteiger partial charge >= 0.3 is 47.0 Å². The van der Waals surface area contributed by atoms with E-state index in [-0.39, 0.29) is 4.72 Å². The summed E-state index contributed by atoms with van der Waals surface area (Å²) in [5.41, 5.74) is 0. The average molecular weight is 541 g/mol. The molecule has 0 spiro atoms. The maximum absolute atomic E-state index is 13.4. The van der Waals surface area contributed by atoms with Crippen LogP contribution < -0.4 is 4.72 Å². The molecule has 4 nitrogen and oxygen atoms in total. The Morgan fingerprint density at radius 1 is 0.531 bits per heavy atom. The molecule has 1 N–H and O–H groups in total. The van der Waals surface area contributed by atoms with Crippen LogP contribution in [0, 0.1) is 0 Å². The van der Waals surface area contributed by atoms with Gasteiger partial charge < -0.3 is 4.79 Å². The lowest BCUT2D eigenvalue weighted by Crippen LogP contribution is -2.75. The van der Waals surface area contributed by atoms with Crippen LogP contribution in [-0.2, 0) is 14.8 Å². The predicted octanol–water partition coefficient (Wildman–Crippen LogP) is 4.07. The molecule has 0 unspecified atom stereocenters. The SMILES string of the molecule is O=CCNS(=O)(=O)C(F)(F)C(F)(F)C(F)(F)C(F)(F)C(F)(F)C(F)(F)C(F)(F)C(F)(F)F. The smallest absolute Gasteiger partial charge is 0.302 e. The van der Waals surface area contributed by atoms with E-state index in [9.17, 15) is 87.8 Å². The number of sulfonamides is 1. The summed E-state index contributed by atoms with van der Waals surface area (Å²) in [7, 11) is -7.39. The third kappa shape index (κ3) is 3.75. The van der Waals surface area contributed by atoms with E-state index in [4.69, 9.17) is 0 Å². The molecule has 0 aliphatic heterocycles. The molecule has 0 aliphatic rings. The fourth-order valence-corrected chi connectivity index (χ4v) is 2.49. The second-order valence-electron chi connectivity index (χ2n) is 5.48. The Bertz CT molecular complexity index is 815. The monoisotopic (exact) mass is 541 g/mol. The van der Waals surface area contributed by atoms with Crippen LogP contribution >= 0.6 is 0 Å². The molecule has 0 saturated carbocycles. The van der Waals surface area contributed by atoms with Crippen molar-refractivity contribution >= 4 is 16.3 Å². The zero-order valence-corrected chi connectivity index (χ0v) is 14.7. The fourth-order valence-electron chi connectivity index (χ4n) is 1.55. The van der Waals surface area contributed by atoms with Gasteiger partial charge in [-0.25, -0.2) is 13.1 Å². The van der Waals surface area contributed by atoms with Gasteiger partial charge in [0.1, 0.15) is 6.29 Å². The molecule has 32 heavy (non-hydrogen) atoms. The highest BCUT2D eigenvalue weighted by Crippen LogP contribution is 2.64. The minimum Gasteiger partial charge on any atom is -0.302 e. The van der Waals surface area contributed by atoms with Crippen LogP contribution in [0.2, 0.25) is 0 Å². The molecule has 0 aromatic carbocycles. The Labute approximate surface area is 163 Å². The second kappa shape index (κ2) is 7.72. The molecule has 0 amide bonds. The van der Waals surface area contributed by atoms with Gasteiger partial charge in [-0.1, -0.05) is 0 Å². The second-order valence-corrected chi connectivity index (χ2v) is 7.29. The number of carbonyl (C=O) groups is 1. The molecule has 0 saturated heterocycles. The summed E-state index contributed by atoms with van der Waals surface area (Å²) >= 11 is 0. The van der Waals surface area contributed by atoms with Gasteiger partial charge in [0.2, 0.25) is 0 Å². The van der Waals surface area contributed by atoms with E-state index in [0.717, 1.165) is 0 Å². The van der Waals surface area contributed by atoms with Crippen LogP contribution in [0.25, 0.3) is 0 Å². The first-order chi connectivity index (χ1) is 13.6. The molecular formula is C10H4F17NO3S. The van der Waals surface area contributed by atoms with Gasteiger partial charge in [-0.05, 0) is 0 Å². The molecule has 0 fully saturated rings. The van der Waals surface area contributed by atoms with Gasteiger partial charge in [-0.15, -0.1) is 0 Å². The molecule has 0 rings (SSSR count). The highest BCUT2D eigenvalue weighted by atomic mass is 32.2. The number of aldehydes is 1. The summed E-state index contributed by atoms with van der Waals surface area (Å²) < 4.78 is 242. The van der Waals surface area contributed by atoms with Crippen LogP contribution in [0.1, 0.15) is 0 Å². The number of hydrogen-bond donors (Lipinski definition) is 1. The maximum Gasteiger partial charge on any atom is 0.460 e. The molecule has 0 bridgehead atoms. The van der Waals surface area contributed by atoms with E-state index < -0.39 is 69.8 Å². The maximum atomic E-state index is 13.4. The van der Waals surface area contributed by atoms with Crippen molar-refractivity contribution < 1.29 is 87.8 Å². The summed E-state index contributed by atoms with van der Waals surface area (Å²) in [6, 6.07) is 0. The zero-order chi connectivity index (χ0) is 26.6. The van der Waals surface area contributed by atoms with E-state index in [0.29, 0.717) is 0 Å². The molecule has 0 atom stereocenters. The van der Waals surface area contributed by atoms with Gasteiger partial charge in [0.15, 0.2) is 0 Å². The largest absolute Gasteiger partial charge is 0.460 e. The number of alkyl halides is 17. The summed E-state index contributed by atoms with van der Waals surface area (Å²) in [6.45, 7) is -1.94. The molecule has 0 radical (unpaired) electrons. The number of halogens is 17. The van der Waals surface area contributed by atoms with Crippen molar-refractivity contribution in [2.24, 2.45) is 0 Å². The summed E-state index contributed by atoms with van der Waals surface area (Å²) in [5, 5.41) is -7.66. The molecule has 192 valence electrons. The Kier molecular flexibility index (Phi) is 7.33. The number of carbonyl (C=O) groups excluding carboxylic acids is 1. The standard InChI is InChI=1S/C10H4F17NO3S/c11-3(12,5(15,16)7(19,20)9(23,24)25)4(13,14)6(17,18)8(21,22)10(26,27)32(30,31)28-1-2-29/h2,28H,1H2. The van der Waals surface area contributed by atoms with Gasteiger partial charge in [-0.2, -0.15) is 74.6 Å². The third-order valence-corrected chi connectivity index (χ3v) is 4.87. The summed E-state index contributed by atoms with van der Waals surface area (Å²) in [4.78, 5) is 9.83. The first kappa shape index (κ1) is 30.4. The van der Waals surface area contributed by atoms with Crippen molar-refractivity contribution in [3.63, 3.8) is 0 Å². The minimum absolute atomic E-state index is 0.0833. The topological polar surface area (TPSA) is 63.2 Å². The Hall–Kier alpha value is -1.61. The van der Waals surface area contributed by atoms with E-state index in [1.54, 1.807) is 0 Å². The average Bonchev–Trinajstić information content (AvgIpc) is 2.57. The lowest BCUT2D eigenvalue weighted by molar-refractivity contribution is -0.458. The van der Waals surface area contributed by atoms with Crippen molar-refractivity contribution in [2.45, 2.75) is 47.0 Å². The molecule has 0 aromatic rings. The number of nitrogens with one attached hydrogen (secondary N) is 1. The fraction of sp³-hybridized carbons (Fsp3) is 0.900. The highest BCUT2D eigenvalue weighted by molar-refractivity contribution is 7.90. The zero-order valence-electron chi connectivity index (χ0n) is 13.8. The van der Waals surface area contributed by atoms with Crippen molar-refractivity contribution in [3.8, 4) is 0 Å². The normalized spacial score (nSPS) is 16.3. The predicted molar refractivity (Wildman–Crippen MR) is 63.7 cm³/mol. The Balaban J connectivity index is 6.88. The molecule has 0 aliphatic carbocycles. The van der Waals surface area contributed by atoms with Crippen molar-refractivity contribution in [3.05, 3.63) is 0 Å². The van der Waals surface area contributed by atoms with Gasteiger partial charge in [-0.3, -0.25) is 0 Å². The molecule has 22 heteroatoms. The van der Waals surface area contributed by atoms with Crippen molar-refractivity contribution in [2.75, 3.05) is 6.54 Å². The summed E-state index contributed by atoms with van der Waals surface area (Å²) in [6.07, 6.45) is -8.62.